The van der Waals surface area contributed by atoms with Crippen molar-refractivity contribution >= 4 is 0 Å². The topological polar surface area (TPSA) is 29.9 Å². The Kier molecular flexibility index (Phi) is 5.25. The Morgan fingerprint density at radius 2 is 2.10 bits per heavy atom. The Morgan fingerprint density at radius 3 is 2.65 bits per heavy atom. The molecule has 1 aliphatic carbocycles. The lowest BCUT2D eigenvalue weighted by Gasteiger charge is -2.38. The molecule has 2 rings (SSSR count). The highest BCUT2D eigenvalue weighted by molar-refractivity contribution is 5.01. The predicted molar refractivity (Wildman–Crippen MR) is 84.7 cm³/mol. The van der Waals surface area contributed by atoms with E-state index in [1.54, 1.807) is 0 Å². The normalized spacial score (nSPS) is 21.0. The number of aryl methyl sites for hydroxylation is 2. The fourth-order valence-electron chi connectivity index (χ4n) is 3.54. The fraction of sp³-hybridized carbons (Fsp3) is 0.824. The molecule has 1 aromatic rings. The van der Waals surface area contributed by atoms with Gasteiger partial charge in [0.15, 0.2) is 0 Å². The van der Waals surface area contributed by atoms with Crippen LogP contribution in [0, 0.1) is 11.3 Å². The standard InChI is InChI=1S/C17H31N3/c1-5-18-16(7-6-15-10-13-19-20(15)4)14-8-11-17(2,3)12-9-14/h10,13-14,16,18H,5-9,11-12H2,1-4H3. The summed E-state index contributed by atoms with van der Waals surface area (Å²) >= 11 is 0. The van der Waals surface area contributed by atoms with Crippen LogP contribution in [0.25, 0.3) is 0 Å². The third-order valence-electron chi connectivity index (χ3n) is 5.05. The summed E-state index contributed by atoms with van der Waals surface area (Å²) in [6, 6.07) is 2.82. The van der Waals surface area contributed by atoms with Gasteiger partial charge in [0.1, 0.15) is 0 Å². The Morgan fingerprint density at radius 1 is 1.40 bits per heavy atom. The van der Waals surface area contributed by atoms with Crippen molar-refractivity contribution < 1.29 is 0 Å². The molecule has 0 bridgehead atoms. The summed E-state index contributed by atoms with van der Waals surface area (Å²) in [5.74, 6) is 0.858. The van der Waals surface area contributed by atoms with Gasteiger partial charge in [-0.3, -0.25) is 4.68 Å². The van der Waals surface area contributed by atoms with Gasteiger partial charge in [0.05, 0.1) is 0 Å². The zero-order chi connectivity index (χ0) is 14.6. The molecule has 1 aliphatic rings. The number of aromatic nitrogens is 2. The first-order chi connectivity index (χ1) is 9.52. The van der Waals surface area contributed by atoms with Crippen LogP contribution >= 0.6 is 0 Å². The maximum absolute atomic E-state index is 4.27. The summed E-state index contributed by atoms with van der Waals surface area (Å²) in [4.78, 5) is 0. The lowest BCUT2D eigenvalue weighted by atomic mass is 9.70. The first-order valence-electron chi connectivity index (χ1n) is 8.22. The molecule has 0 saturated heterocycles. The highest BCUT2D eigenvalue weighted by Crippen LogP contribution is 2.39. The van der Waals surface area contributed by atoms with Gasteiger partial charge >= 0.3 is 0 Å². The lowest BCUT2D eigenvalue weighted by molar-refractivity contribution is 0.158. The van der Waals surface area contributed by atoms with Crippen molar-refractivity contribution in [2.75, 3.05) is 6.54 Å². The van der Waals surface area contributed by atoms with Crippen molar-refractivity contribution in [2.24, 2.45) is 18.4 Å². The molecule has 0 radical (unpaired) electrons. The molecule has 0 amide bonds. The summed E-state index contributed by atoms with van der Waals surface area (Å²) in [6.07, 6.45) is 9.80. The van der Waals surface area contributed by atoms with Crippen molar-refractivity contribution in [1.29, 1.82) is 0 Å². The third-order valence-corrected chi connectivity index (χ3v) is 5.05. The second kappa shape index (κ2) is 6.75. The maximum atomic E-state index is 4.27. The van der Waals surface area contributed by atoms with E-state index in [-0.39, 0.29) is 0 Å². The van der Waals surface area contributed by atoms with Crippen LogP contribution in [0.2, 0.25) is 0 Å². The number of hydrogen-bond acceptors (Lipinski definition) is 2. The van der Waals surface area contributed by atoms with E-state index in [2.05, 4.69) is 37.3 Å². The minimum absolute atomic E-state index is 0.565. The average Bonchev–Trinajstić information content (AvgIpc) is 2.80. The monoisotopic (exact) mass is 277 g/mol. The van der Waals surface area contributed by atoms with Crippen molar-refractivity contribution in [3.05, 3.63) is 18.0 Å². The van der Waals surface area contributed by atoms with Crippen molar-refractivity contribution in [1.82, 2.24) is 15.1 Å². The zero-order valence-corrected chi connectivity index (χ0v) is 13.7. The number of nitrogens with zero attached hydrogens (tertiary/aromatic N) is 2. The highest BCUT2D eigenvalue weighted by Gasteiger charge is 2.30. The van der Waals surface area contributed by atoms with E-state index in [4.69, 9.17) is 0 Å². The van der Waals surface area contributed by atoms with E-state index in [9.17, 15) is 0 Å². The summed E-state index contributed by atoms with van der Waals surface area (Å²) in [5.41, 5.74) is 1.92. The van der Waals surface area contributed by atoms with E-state index in [1.165, 1.54) is 37.8 Å². The van der Waals surface area contributed by atoms with Crippen LogP contribution in [-0.2, 0) is 13.5 Å². The van der Waals surface area contributed by atoms with Gasteiger partial charge in [-0.05, 0) is 62.5 Å². The van der Waals surface area contributed by atoms with Crippen LogP contribution in [0.5, 0.6) is 0 Å². The predicted octanol–water partition coefficient (Wildman–Crippen LogP) is 3.55. The smallest absolute Gasteiger partial charge is 0.0492 e. The van der Waals surface area contributed by atoms with Gasteiger partial charge in [0.25, 0.3) is 0 Å². The Hall–Kier alpha value is -0.830. The Labute approximate surface area is 124 Å². The first-order valence-corrected chi connectivity index (χ1v) is 8.22. The minimum Gasteiger partial charge on any atom is -0.314 e. The van der Waals surface area contributed by atoms with Gasteiger partial charge in [-0.1, -0.05) is 20.8 Å². The van der Waals surface area contributed by atoms with E-state index in [0.29, 0.717) is 11.5 Å². The summed E-state index contributed by atoms with van der Waals surface area (Å²) in [6.45, 7) is 8.14. The van der Waals surface area contributed by atoms with Crippen LogP contribution in [-0.4, -0.2) is 22.4 Å². The first kappa shape index (κ1) is 15.6. The molecule has 1 atom stereocenters. The number of rotatable bonds is 6. The molecule has 3 nitrogen and oxygen atoms in total. The van der Waals surface area contributed by atoms with Gasteiger partial charge in [-0.15, -0.1) is 0 Å². The molecule has 1 heterocycles. The summed E-state index contributed by atoms with van der Waals surface area (Å²) in [5, 5.41) is 8.00. The van der Waals surface area contributed by atoms with E-state index >= 15 is 0 Å². The molecule has 1 fully saturated rings. The van der Waals surface area contributed by atoms with Gasteiger partial charge in [0, 0.05) is 25.0 Å². The number of hydrogen-bond donors (Lipinski definition) is 1. The van der Waals surface area contributed by atoms with E-state index < -0.39 is 0 Å². The molecule has 1 unspecified atom stereocenters. The van der Waals surface area contributed by atoms with Gasteiger partial charge < -0.3 is 5.32 Å². The van der Waals surface area contributed by atoms with E-state index in [0.717, 1.165) is 18.9 Å². The molecule has 20 heavy (non-hydrogen) atoms. The largest absolute Gasteiger partial charge is 0.314 e. The van der Waals surface area contributed by atoms with Crippen molar-refractivity contribution in [2.45, 2.75) is 65.3 Å². The van der Waals surface area contributed by atoms with Crippen LogP contribution in [0.4, 0.5) is 0 Å². The van der Waals surface area contributed by atoms with E-state index in [1.807, 2.05) is 17.9 Å². The molecule has 0 spiro atoms. The van der Waals surface area contributed by atoms with Crippen LogP contribution < -0.4 is 5.32 Å². The number of nitrogens with one attached hydrogen (secondary N) is 1. The van der Waals surface area contributed by atoms with Crippen LogP contribution in [0.15, 0.2) is 12.3 Å². The molecular weight excluding hydrogens is 246 g/mol. The zero-order valence-electron chi connectivity index (χ0n) is 13.7. The van der Waals surface area contributed by atoms with Crippen molar-refractivity contribution in [3.63, 3.8) is 0 Å². The maximum Gasteiger partial charge on any atom is 0.0492 e. The van der Waals surface area contributed by atoms with Crippen LogP contribution in [0.3, 0.4) is 0 Å². The van der Waals surface area contributed by atoms with Gasteiger partial charge in [0.2, 0.25) is 0 Å². The van der Waals surface area contributed by atoms with Crippen molar-refractivity contribution in [3.8, 4) is 0 Å². The Balaban J connectivity index is 1.89. The highest BCUT2D eigenvalue weighted by atomic mass is 15.2. The second-order valence-corrected chi connectivity index (χ2v) is 7.15. The van der Waals surface area contributed by atoms with Crippen LogP contribution in [0.1, 0.15) is 58.6 Å². The molecular formula is C17H31N3. The average molecular weight is 277 g/mol. The van der Waals surface area contributed by atoms with Gasteiger partial charge in [-0.25, -0.2) is 0 Å². The lowest BCUT2D eigenvalue weighted by Crippen LogP contribution is -2.39. The van der Waals surface area contributed by atoms with Gasteiger partial charge in [-0.2, -0.15) is 5.10 Å². The molecule has 1 aromatic heterocycles. The third kappa shape index (κ3) is 4.08. The SMILES string of the molecule is CCNC(CCc1ccnn1C)C1CCC(C)(C)CC1. The molecule has 3 heteroatoms. The molecule has 114 valence electrons. The molecule has 0 aromatic carbocycles. The minimum atomic E-state index is 0.565. The molecule has 1 N–H and O–H groups in total. The summed E-state index contributed by atoms with van der Waals surface area (Å²) < 4.78 is 2.01. The second-order valence-electron chi connectivity index (χ2n) is 7.15. The quantitative estimate of drug-likeness (QED) is 0.862. The Bertz CT molecular complexity index is 398. The molecule has 1 saturated carbocycles. The fourth-order valence-corrected chi connectivity index (χ4v) is 3.54. The molecule has 0 aliphatic heterocycles. The summed E-state index contributed by atoms with van der Waals surface area (Å²) in [7, 11) is 2.04.